The topological polar surface area (TPSA) is 76.7 Å². The third-order valence-corrected chi connectivity index (χ3v) is 19.4. The van der Waals surface area contributed by atoms with E-state index in [1.54, 1.807) is 18.2 Å². The molecule has 0 unspecified atom stereocenters. The van der Waals surface area contributed by atoms with E-state index in [0.717, 1.165) is 125 Å². The minimum absolute atomic E-state index is 0.116. The zero-order chi connectivity index (χ0) is 71.0. The van der Waals surface area contributed by atoms with Gasteiger partial charge in [-0.25, -0.2) is 0 Å². The van der Waals surface area contributed by atoms with Gasteiger partial charge in [0.2, 0.25) is 0 Å². The molecule has 5 fully saturated rings. The summed E-state index contributed by atoms with van der Waals surface area (Å²) in [5.41, 5.74) is 2.38. The standard InChI is InChI=1S/C20H29F3N2O.C18H27F3N2O.C18H27F3N2.C18H26F3NO/c1-14(2)24-18-9-8-16(13-19(18)25-10-3-4-11-25)15-6-5-7-17(12-15)26-20(21,22)23;1-12(2)22-16-9-8-14(11-17(16)23(3)4)13-6-5-7-15(10-13)24-18(19,20)21;1-12(2)22-16-9-8-14(11-17(16)23(3)4)13-6-5-7-15(10-13)18(19,20)21;1-12(2)23-17-9-8-14(11-16(17)22(3)4)13-6-5-7-15(10-13)18(19,20)21/h5-7,12,14,16,18-19,24H,3-4,8-11,13H2,1-2H3;5-7,10,12,14,16-17,22H,8-9,11H2,1-4H3;5-7,10,12,14,16-17,22H,8-9,11H2,1-4H3;5-7,10,12,14,16-17H,8-9,11H2,1-4H3/t16-,18-,19-;3*14-,16-,17-/m0000/s1. The van der Waals surface area contributed by atoms with Gasteiger partial charge in [-0.2, -0.15) is 26.3 Å². The van der Waals surface area contributed by atoms with Crippen molar-refractivity contribution >= 4 is 0 Å². The molecule has 1 aliphatic heterocycles. The van der Waals surface area contributed by atoms with E-state index in [2.05, 4.69) is 101 Å². The van der Waals surface area contributed by atoms with Crippen LogP contribution >= 0.6 is 0 Å². The number of likely N-dealkylation sites (tertiary alicyclic amines) is 1. The SMILES string of the molecule is CC(C)N[C@H]1CC[C@H](c2cccc(C(F)(F)F)c2)C[C@@H]1N(C)C.CC(C)N[C@H]1CC[C@H](c2cccc(OC(F)(F)F)c2)C[C@@H]1N(C)C.CC(C)N[C@H]1CC[C@H](c2cccc(OC(F)(F)F)c2)C[C@@H]1N1CCCC1.CC(C)O[C@H]1CC[C@H](c2cccc(C(F)(F)F)c2)C[C@@H]1N(C)C. The molecule has 0 aromatic heterocycles. The fourth-order valence-electron chi connectivity index (χ4n) is 15.2. The Balaban J connectivity index is 0.000000203. The van der Waals surface area contributed by atoms with Crippen LogP contribution < -0.4 is 25.4 Å². The van der Waals surface area contributed by atoms with Crippen molar-refractivity contribution in [3.8, 4) is 11.5 Å². The molecule has 96 heavy (non-hydrogen) atoms. The molecule has 4 aromatic carbocycles. The monoisotopic (exact) mass is 1370 g/mol. The number of likely N-dealkylation sites (N-methyl/N-ethyl adjacent to an activating group) is 3. The number of hydrogen-bond acceptors (Lipinski definition) is 10. The fourth-order valence-corrected chi connectivity index (χ4v) is 15.2. The average Bonchev–Trinajstić information content (AvgIpc) is 1.02. The highest BCUT2D eigenvalue weighted by Crippen LogP contribution is 2.43. The highest BCUT2D eigenvalue weighted by Gasteiger charge is 2.41. The van der Waals surface area contributed by atoms with E-state index in [4.69, 9.17) is 4.74 Å². The number of benzene rings is 4. The zero-order valence-corrected chi connectivity index (χ0v) is 58.8. The van der Waals surface area contributed by atoms with E-state index >= 15 is 0 Å². The van der Waals surface area contributed by atoms with Crippen molar-refractivity contribution in [3.05, 3.63) is 130 Å². The average molecular weight is 1370 g/mol. The quantitative estimate of drug-likeness (QED) is 0.0839. The minimum atomic E-state index is -4.65. The highest BCUT2D eigenvalue weighted by atomic mass is 19.4. The van der Waals surface area contributed by atoms with E-state index in [0.29, 0.717) is 54.4 Å². The summed E-state index contributed by atoms with van der Waals surface area (Å²) in [5.74, 6) is 0.618. The maximum Gasteiger partial charge on any atom is 0.573 e. The van der Waals surface area contributed by atoms with Gasteiger partial charge in [-0.15, -0.1) is 26.3 Å². The first-order chi connectivity index (χ1) is 44.8. The first-order valence-electron chi connectivity index (χ1n) is 34.6. The van der Waals surface area contributed by atoms with E-state index < -0.39 is 36.2 Å². The zero-order valence-electron chi connectivity index (χ0n) is 58.8. The molecule has 4 aromatic rings. The normalized spacial score (nSPS) is 26.3. The summed E-state index contributed by atoms with van der Waals surface area (Å²) in [6.07, 6.45) is -3.77. The number of rotatable bonds is 18. The molecule has 12 atom stereocenters. The van der Waals surface area contributed by atoms with E-state index in [9.17, 15) is 52.7 Å². The summed E-state index contributed by atoms with van der Waals surface area (Å²) >= 11 is 0. The van der Waals surface area contributed by atoms with Crippen molar-refractivity contribution < 1.29 is 66.9 Å². The third kappa shape index (κ3) is 25.8. The molecule has 0 amide bonds. The second-order valence-corrected chi connectivity index (χ2v) is 28.9. The van der Waals surface area contributed by atoms with Crippen molar-refractivity contribution in [3.63, 3.8) is 0 Å². The summed E-state index contributed by atoms with van der Waals surface area (Å²) in [6.45, 7) is 19.2. The van der Waals surface area contributed by atoms with Crippen LogP contribution in [0, 0.1) is 0 Å². The van der Waals surface area contributed by atoms with Crippen LogP contribution in [-0.2, 0) is 17.1 Å². The number of nitrogens with one attached hydrogen (secondary N) is 3. The molecule has 10 nitrogen and oxygen atoms in total. The van der Waals surface area contributed by atoms with E-state index in [-0.39, 0.29) is 53.4 Å². The Labute approximate surface area is 564 Å². The fraction of sp³-hybridized carbons (Fsp3) is 0.676. The second kappa shape index (κ2) is 36.1. The molecule has 1 heterocycles. The molecule has 0 radical (unpaired) electrons. The minimum Gasteiger partial charge on any atom is -0.406 e. The number of halogens is 12. The summed E-state index contributed by atoms with van der Waals surface area (Å²) in [6, 6.07) is 28.5. The van der Waals surface area contributed by atoms with E-state index in [1.807, 2.05) is 66.3 Å². The Hall–Kier alpha value is -4.68. The number of hydrogen-bond donors (Lipinski definition) is 3. The van der Waals surface area contributed by atoms with Gasteiger partial charge in [-0.3, -0.25) is 4.90 Å². The van der Waals surface area contributed by atoms with Crippen LogP contribution in [0.4, 0.5) is 52.7 Å². The number of alkyl halides is 12. The molecular formula is C74H109F12N7O3. The van der Waals surface area contributed by atoms with Crippen LogP contribution in [0.3, 0.4) is 0 Å². The third-order valence-electron chi connectivity index (χ3n) is 19.4. The maximum absolute atomic E-state index is 12.9. The van der Waals surface area contributed by atoms with Gasteiger partial charge in [-0.1, -0.05) is 102 Å². The van der Waals surface area contributed by atoms with Crippen LogP contribution in [-0.4, -0.2) is 160 Å². The Morgan fingerprint density at radius 1 is 0.406 bits per heavy atom. The van der Waals surface area contributed by atoms with Crippen LogP contribution in [0.15, 0.2) is 97.1 Å². The number of nitrogens with zero attached hydrogens (tertiary/aromatic N) is 4. The number of ether oxygens (including phenoxy) is 3. The first-order valence-corrected chi connectivity index (χ1v) is 34.6. The smallest absolute Gasteiger partial charge is 0.406 e. The highest BCUT2D eigenvalue weighted by molar-refractivity contribution is 5.34. The van der Waals surface area contributed by atoms with Crippen molar-refractivity contribution in [1.82, 2.24) is 35.6 Å². The van der Waals surface area contributed by atoms with Gasteiger partial charge in [0.1, 0.15) is 11.5 Å². The Kier molecular flexibility index (Phi) is 30.2. The largest absolute Gasteiger partial charge is 0.573 e. The molecule has 542 valence electrons. The van der Waals surface area contributed by atoms with Crippen molar-refractivity contribution in [1.29, 1.82) is 0 Å². The van der Waals surface area contributed by atoms with Crippen LogP contribution in [0.25, 0.3) is 0 Å². The van der Waals surface area contributed by atoms with Gasteiger partial charge >= 0.3 is 25.1 Å². The Bertz CT molecular complexity index is 2820. The molecule has 22 heteroatoms. The molecule has 0 spiro atoms. The van der Waals surface area contributed by atoms with Crippen molar-refractivity contribution in [2.45, 2.75) is 267 Å². The van der Waals surface area contributed by atoms with Gasteiger partial charge in [0, 0.05) is 60.4 Å². The lowest BCUT2D eigenvalue weighted by molar-refractivity contribution is -0.275. The van der Waals surface area contributed by atoms with Crippen LogP contribution in [0.1, 0.15) is 202 Å². The van der Waals surface area contributed by atoms with Gasteiger partial charge < -0.3 is 44.9 Å². The van der Waals surface area contributed by atoms with Crippen LogP contribution in [0.2, 0.25) is 0 Å². The van der Waals surface area contributed by atoms with Crippen molar-refractivity contribution in [2.24, 2.45) is 0 Å². The summed E-state index contributed by atoms with van der Waals surface area (Å²) < 4.78 is 167. The van der Waals surface area contributed by atoms with Crippen LogP contribution in [0.5, 0.6) is 11.5 Å². The lowest BCUT2D eigenvalue weighted by Crippen LogP contribution is -2.53. The van der Waals surface area contributed by atoms with Gasteiger partial charge in [-0.05, 0) is 241 Å². The van der Waals surface area contributed by atoms with Gasteiger partial charge in [0.15, 0.2) is 0 Å². The molecule has 3 N–H and O–H groups in total. The first kappa shape index (κ1) is 80.3. The molecule has 9 rings (SSSR count). The Morgan fingerprint density at radius 3 is 1.09 bits per heavy atom. The predicted molar refractivity (Wildman–Crippen MR) is 359 cm³/mol. The van der Waals surface area contributed by atoms with Crippen molar-refractivity contribution in [2.75, 3.05) is 55.4 Å². The molecule has 4 aliphatic carbocycles. The molecular weight excluding hydrogens is 1260 g/mol. The van der Waals surface area contributed by atoms with E-state index in [1.165, 1.54) is 55.3 Å². The summed E-state index contributed by atoms with van der Waals surface area (Å²) in [4.78, 5) is 9.11. The summed E-state index contributed by atoms with van der Waals surface area (Å²) in [5, 5.41) is 10.9. The molecule has 5 aliphatic rings. The lowest BCUT2D eigenvalue weighted by atomic mass is 9.77. The lowest BCUT2D eigenvalue weighted by Gasteiger charge is -2.42. The molecule has 1 saturated heterocycles. The Morgan fingerprint density at radius 2 is 0.740 bits per heavy atom. The maximum atomic E-state index is 12.9. The summed E-state index contributed by atoms with van der Waals surface area (Å²) in [7, 11) is 12.2. The van der Waals surface area contributed by atoms with Gasteiger partial charge in [0.05, 0.1) is 23.3 Å². The molecule has 4 saturated carbocycles. The second-order valence-electron chi connectivity index (χ2n) is 28.9. The van der Waals surface area contributed by atoms with Gasteiger partial charge in [0.25, 0.3) is 0 Å². The molecule has 0 bridgehead atoms. The predicted octanol–water partition coefficient (Wildman–Crippen LogP) is 17.8.